The molecule has 0 unspecified atom stereocenters. The number of methoxy groups -OCH3 is 1. The average molecular weight is 447 g/mol. The zero-order valence-corrected chi connectivity index (χ0v) is 19.5. The van der Waals surface area contributed by atoms with Gasteiger partial charge in [0, 0.05) is 0 Å². The van der Waals surface area contributed by atoms with Crippen molar-refractivity contribution in [3.63, 3.8) is 0 Å². The predicted molar refractivity (Wildman–Crippen MR) is 101 cm³/mol. The van der Waals surface area contributed by atoms with Crippen molar-refractivity contribution < 1.29 is 19.3 Å². The molecule has 6 heteroatoms. The summed E-state index contributed by atoms with van der Waals surface area (Å²) in [4.78, 5) is 6.97. The third kappa shape index (κ3) is 7.03. The van der Waals surface area contributed by atoms with E-state index < -0.39 is 26.5 Å². The van der Waals surface area contributed by atoms with Gasteiger partial charge in [-0.2, -0.15) is 0 Å². The number of aliphatic hydroxyl groups excluding tert-OH is 1. The Balaban J connectivity index is 2.79. The number of hydrogen-bond acceptors (Lipinski definition) is 4. The second kappa shape index (κ2) is 8.74. The Morgan fingerprint density at radius 2 is 1.74 bits per heavy atom. The molecule has 0 heterocycles. The van der Waals surface area contributed by atoms with Crippen LogP contribution in [0.1, 0.15) is 5.56 Å². The van der Waals surface area contributed by atoms with Crippen LogP contribution in [0.3, 0.4) is 0 Å². The Kier molecular flexibility index (Phi) is 7.90. The molecule has 1 N–H and O–H groups in total. The SMILES string of the molecule is COc1c[c]([Sn]([CH3])([CH3])[CH3])c(CO)cc1OCOCC[Si](C)(C)C. The number of aliphatic hydroxyl groups is 1. The van der Waals surface area contributed by atoms with Crippen molar-refractivity contribution >= 4 is 30.0 Å². The number of hydrogen-bond donors (Lipinski definition) is 1. The maximum absolute atomic E-state index is 9.68. The minimum atomic E-state index is -2.32. The topological polar surface area (TPSA) is 47.9 Å². The van der Waals surface area contributed by atoms with Crippen LogP contribution in [0, 0.1) is 0 Å². The molecule has 0 radical (unpaired) electrons. The van der Waals surface area contributed by atoms with Gasteiger partial charge in [-0.3, -0.25) is 0 Å². The van der Waals surface area contributed by atoms with Crippen molar-refractivity contribution in [2.45, 2.75) is 47.1 Å². The van der Waals surface area contributed by atoms with Crippen LogP contribution in [0.5, 0.6) is 11.5 Å². The normalized spacial score (nSPS) is 12.3. The summed E-state index contributed by atoms with van der Waals surface area (Å²) in [5.74, 6) is 1.36. The zero-order valence-electron chi connectivity index (χ0n) is 15.7. The summed E-state index contributed by atoms with van der Waals surface area (Å²) in [6, 6.07) is 5.06. The van der Waals surface area contributed by atoms with E-state index in [4.69, 9.17) is 14.2 Å². The van der Waals surface area contributed by atoms with Gasteiger partial charge in [0.2, 0.25) is 0 Å². The molecule has 1 aromatic rings. The first kappa shape index (κ1) is 20.8. The van der Waals surface area contributed by atoms with Gasteiger partial charge in [0.25, 0.3) is 0 Å². The van der Waals surface area contributed by atoms with Crippen molar-refractivity contribution in [3.05, 3.63) is 17.7 Å². The van der Waals surface area contributed by atoms with E-state index in [9.17, 15) is 5.11 Å². The monoisotopic (exact) mass is 448 g/mol. The number of ether oxygens (including phenoxy) is 3. The van der Waals surface area contributed by atoms with Gasteiger partial charge in [-0.15, -0.1) is 0 Å². The van der Waals surface area contributed by atoms with Gasteiger partial charge in [0.15, 0.2) is 0 Å². The maximum atomic E-state index is 9.68. The molecule has 0 spiro atoms. The molecule has 132 valence electrons. The van der Waals surface area contributed by atoms with Crippen LogP contribution in [-0.2, 0) is 11.3 Å². The molecular formula is C17H32O4SiSn. The van der Waals surface area contributed by atoms with Crippen LogP contribution < -0.4 is 13.1 Å². The van der Waals surface area contributed by atoms with Crippen LogP contribution in [0.4, 0.5) is 0 Å². The fourth-order valence-electron chi connectivity index (χ4n) is 2.25. The van der Waals surface area contributed by atoms with Gasteiger partial charge in [-0.25, -0.2) is 0 Å². The summed E-state index contributed by atoms with van der Waals surface area (Å²) in [6.07, 6.45) is 0. The molecule has 4 nitrogen and oxygen atoms in total. The van der Waals surface area contributed by atoms with E-state index >= 15 is 0 Å². The molecule has 1 rings (SSSR count). The quantitative estimate of drug-likeness (QED) is 0.358. The van der Waals surface area contributed by atoms with Gasteiger partial charge in [0.05, 0.1) is 0 Å². The summed E-state index contributed by atoms with van der Waals surface area (Å²) >= 11 is -2.32. The second-order valence-electron chi connectivity index (χ2n) is 8.05. The van der Waals surface area contributed by atoms with Crippen LogP contribution in [0.15, 0.2) is 12.1 Å². The predicted octanol–water partition coefficient (Wildman–Crippen LogP) is 3.42. The molecule has 0 saturated carbocycles. The Labute approximate surface area is 146 Å². The third-order valence-corrected chi connectivity index (χ3v) is 11.3. The van der Waals surface area contributed by atoms with Gasteiger partial charge in [0.1, 0.15) is 0 Å². The van der Waals surface area contributed by atoms with E-state index in [0.717, 1.165) is 24.0 Å². The molecule has 0 amide bonds. The van der Waals surface area contributed by atoms with E-state index in [0.29, 0.717) is 5.75 Å². The van der Waals surface area contributed by atoms with Crippen LogP contribution >= 0.6 is 0 Å². The first-order valence-electron chi connectivity index (χ1n) is 8.11. The molecule has 0 aliphatic heterocycles. The summed E-state index contributed by atoms with van der Waals surface area (Å²) in [5, 5.41) is 9.68. The summed E-state index contributed by atoms with van der Waals surface area (Å²) in [7, 11) is 0.569. The van der Waals surface area contributed by atoms with Gasteiger partial charge >= 0.3 is 146 Å². The van der Waals surface area contributed by atoms with Crippen molar-refractivity contribution in [1.82, 2.24) is 0 Å². The molecule has 0 saturated heterocycles. The molecule has 23 heavy (non-hydrogen) atoms. The van der Waals surface area contributed by atoms with Crippen molar-refractivity contribution in [2.24, 2.45) is 0 Å². The fourth-order valence-corrected chi connectivity index (χ4v) is 7.79. The zero-order chi connectivity index (χ0) is 17.7. The fraction of sp³-hybridized carbons (Fsp3) is 0.647. The molecule has 0 aliphatic rings. The Bertz CT molecular complexity index is 507. The van der Waals surface area contributed by atoms with E-state index in [1.54, 1.807) is 7.11 Å². The van der Waals surface area contributed by atoms with E-state index in [1.807, 2.05) is 12.1 Å². The molecule has 1 aromatic carbocycles. The molecule has 0 aliphatic carbocycles. The molecule has 0 atom stereocenters. The average Bonchev–Trinajstić information content (AvgIpc) is 2.43. The Morgan fingerprint density at radius 1 is 1.09 bits per heavy atom. The van der Waals surface area contributed by atoms with Gasteiger partial charge in [-0.05, 0) is 0 Å². The van der Waals surface area contributed by atoms with Crippen molar-refractivity contribution in [2.75, 3.05) is 20.5 Å². The summed E-state index contributed by atoms with van der Waals surface area (Å²) in [5.41, 5.74) is 0.950. The summed E-state index contributed by atoms with van der Waals surface area (Å²) < 4.78 is 18.1. The standard InChI is InChI=1S/C14H23O4Si.3CH3.Sn/c1-16-13-6-5-12(10-15)9-14(13)18-11-17-7-8-19(2,3)4;;;;/h6,9,15H,7-8,10-11H2,1-4H3;3*1H3;. The number of rotatable bonds is 9. The van der Waals surface area contributed by atoms with Crippen molar-refractivity contribution in [1.29, 1.82) is 0 Å². The molecule has 0 fully saturated rings. The van der Waals surface area contributed by atoms with E-state index in [1.165, 1.54) is 3.58 Å². The van der Waals surface area contributed by atoms with Gasteiger partial charge < -0.3 is 0 Å². The van der Waals surface area contributed by atoms with Crippen molar-refractivity contribution in [3.8, 4) is 11.5 Å². The first-order chi connectivity index (χ1) is 10.6. The Hall–Kier alpha value is -0.244. The van der Waals surface area contributed by atoms with E-state index in [2.05, 4.69) is 34.5 Å². The molecule has 0 aromatic heterocycles. The van der Waals surface area contributed by atoms with Gasteiger partial charge in [-0.1, -0.05) is 0 Å². The van der Waals surface area contributed by atoms with E-state index in [-0.39, 0.29) is 13.4 Å². The number of benzene rings is 1. The van der Waals surface area contributed by atoms with Crippen LogP contribution in [0.2, 0.25) is 40.5 Å². The minimum absolute atomic E-state index is 0.0281. The second-order valence-corrected chi connectivity index (χ2v) is 28.1. The third-order valence-electron chi connectivity index (χ3n) is 3.66. The van der Waals surface area contributed by atoms with Crippen LogP contribution in [0.25, 0.3) is 0 Å². The Morgan fingerprint density at radius 3 is 2.22 bits per heavy atom. The first-order valence-corrected chi connectivity index (χ1v) is 21.8. The van der Waals surface area contributed by atoms with Crippen LogP contribution in [-0.4, -0.2) is 52.1 Å². The molecular weight excluding hydrogens is 415 g/mol. The molecule has 0 bridgehead atoms. The summed E-state index contributed by atoms with van der Waals surface area (Å²) in [6.45, 7) is 7.94.